The molecule has 0 saturated heterocycles. The zero-order valence-corrected chi connectivity index (χ0v) is 16.0. The Labute approximate surface area is 154 Å². The van der Waals surface area contributed by atoms with E-state index in [4.69, 9.17) is 11.6 Å². The fourth-order valence-corrected chi connectivity index (χ4v) is 3.30. The van der Waals surface area contributed by atoms with Crippen molar-refractivity contribution >= 4 is 29.3 Å². The Morgan fingerprint density at radius 1 is 1.12 bits per heavy atom. The van der Waals surface area contributed by atoms with Gasteiger partial charge < -0.3 is 5.32 Å². The molecule has 0 radical (unpaired) electrons. The molecular formula is C20H24ClNOS. The normalized spacial score (nSPS) is 11.3. The summed E-state index contributed by atoms with van der Waals surface area (Å²) in [5, 5.41) is 3.73. The van der Waals surface area contributed by atoms with Gasteiger partial charge in [0.25, 0.3) is 5.91 Å². The van der Waals surface area contributed by atoms with Crippen LogP contribution in [0, 0.1) is 0 Å². The Bertz CT molecular complexity index is 677. The first-order valence-corrected chi connectivity index (χ1v) is 9.60. The summed E-state index contributed by atoms with van der Waals surface area (Å²) >= 11 is 7.75. The quantitative estimate of drug-likeness (QED) is 0.707. The molecule has 0 aliphatic heterocycles. The standard InChI is InChI=1S/C20H24ClNOS/c1-20(2,3)17-9-7-16(8-10-17)19(23)22-11-12-24-14-15-5-4-6-18(21)13-15/h4-10,13H,11-12,14H2,1-3H3,(H,22,23). The van der Waals surface area contributed by atoms with Gasteiger partial charge in [-0.3, -0.25) is 4.79 Å². The van der Waals surface area contributed by atoms with Gasteiger partial charge in [-0.1, -0.05) is 56.6 Å². The van der Waals surface area contributed by atoms with E-state index in [0.29, 0.717) is 12.1 Å². The Hall–Kier alpha value is -1.45. The number of carbonyl (C=O) groups is 1. The Morgan fingerprint density at radius 3 is 2.46 bits per heavy atom. The molecule has 1 N–H and O–H groups in total. The molecule has 0 saturated carbocycles. The number of thioether (sulfide) groups is 1. The minimum absolute atomic E-state index is 0.0150. The molecule has 0 fully saturated rings. The van der Waals surface area contributed by atoms with Crippen LogP contribution in [0.2, 0.25) is 5.02 Å². The average Bonchev–Trinajstić information content (AvgIpc) is 2.54. The topological polar surface area (TPSA) is 29.1 Å². The first-order chi connectivity index (χ1) is 11.4. The van der Waals surface area contributed by atoms with Crippen LogP contribution in [-0.4, -0.2) is 18.2 Å². The molecule has 0 spiro atoms. The summed E-state index contributed by atoms with van der Waals surface area (Å²) in [6, 6.07) is 15.7. The van der Waals surface area contributed by atoms with Crippen molar-refractivity contribution in [1.82, 2.24) is 5.32 Å². The van der Waals surface area contributed by atoms with Crippen LogP contribution in [0.15, 0.2) is 48.5 Å². The number of nitrogens with one attached hydrogen (secondary N) is 1. The minimum atomic E-state index is -0.0150. The second-order valence-corrected chi connectivity index (χ2v) is 8.31. The smallest absolute Gasteiger partial charge is 0.251 e. The van der Waals surface area contributed by atoms with Gasteiger partial charge in [-0.05, 0) is 40.8 Å². The van der Waals surface area contributed by atoms with Gasteiger partial charge in [0, 0.05) is 28.6 Å². The van der Waals surface area contributed by atoms with Crippen molar-refractivity contribution in [3.63, 3.8) is 0 Å². The van der Waals surface area contributed by atoms with Crippen LogP contribution in [0.3, 0.4) is 0 Å². The van der Waals surface area contributed by atoms with E-state index in [2.05, 4.69) is 32.2 Å². The maximum atomic E-state index is 12.1. The maximum Gasteiger partial charge on any atom is 0.251 e. The second-order valence-electron chi connectivity index (χ2n) is 6.77. The highest BCUT2D eigenvalue weighted by Gasteiger charge is 2.14. The number of benzene rings is 2. The van der Waals surface area contributed by atoms with Gasteiger partial charge in [0.1, 0.15) is 0 Å². The minimum Gasteiger partial charge on any atom is -0.351 e. The molecule has 128 valence electrons. The van der Waals surface area contributed by atoms with E-state index >= 15 is 0 Å². The Morgan fingerprint density at radius 2 is 1.83 bits per heavy atom. The Kier molecular flexibility index (Phi) is 6.76. The summed E-state index contributed by atoms with van der Waals surface area (Å²) in [4.78, 5) is 12.1. The van der Waals surface area contributed by atoms with E-state index in [-0.39, 0.29) is 11.3 Å². The highest BCUT2D eigenvalue weighted by molar-refractivity contribution is 7.98. The molecule has 0 atom stereocenters. The highest BCUT2D eigenvalue weighted by atomic mass is 35.5. The lowest BCUT2D eigenvalue weighted by molar-refractivity contribution is 0.0956. The summed E-state index contributed by atoms with van der Waals surface area (Å²) in [5.74, 6) is 1.76. The molecule has 0 aromatic heterocycles. The fourth-order valence-electron chi connectivity index (χ4n) is 2.28. The van der Waals surface area contributed by atoms with Crippen LogP contribution in [0.4, 0.5) is 0 Å². The molecule has 2 rings (SSSR count). The number of carbonyl (C=O) groups excluding carboxylic acids is 1. The summed E-state index contributed by atoms with van der Waals surface area (Å²) in [7, 11) is 0. The van der Waals surface area contributed by atoms with Crippen molar-refractivity contribution in [3.8, 4) is 0 Å². The van der Waals surface area contributed by atoms with Gasteiger partial charge in [-0.25, -0.2) is 0 Å². The molecule has 0 aliphatic carbocycles. The van der Waals surface area contributed by atoms with Crippen LogP contribution < -0.4 is 5.32 Å². The third kappa shape index (κ3) is 5.88. The molecule has 0 bridgehead atoms. The molecule has 4 heteroatoms. The third-order valence-corrected chi connectivity index (χ3v) is 4.97. The fraction of sp³-hybridized carbons (Fsp3) is 0.350. The number of halogens is 1. The maximum absolute atomic E-state index is 12.1. The average molecular weight is 362 g/mol. The first kappa shape index (κ1) is 18.9. The number of rotatable bonds is 6. The van der Waals surface area contributed by atoms with E-state index in [1.165, 1.54) is 11.1 Å². The van der Waals surface area contributed by atoms with Crippen molar-refractivity contribution in [3.05, 3.63) is 70.2 Å². The van der Waals surface area contributed by atoms with Crippen molar-refractivity contribution in [2.45, 2.75) is 31.9 Å². The molecule has 1 amide bonds. The van der Waals surface area contributed by atoms with Gasteiger partial charge in [-0.2, -0.15) is 11.8 Å². The summed E-state index contributed by atoms with van der Waals surface area (Å²) in [6.07, 6.45) is 0. The lowest BCUT2D eigenvalue weighted by Gasteiger charge is -2.19. The van der Waals surface area contributed by atoms with Gasteiger partial charge in [-0.15, -0.1) is 0 Å². The van der Waals surface area contributed by atoms with Gasteiger partial charge in [0.05, 0.1) is 0 Å². The predicted octanol–water partition coefficient (Wildman–Crippen LogP) is 5.30. The number of amides is 1. The lowest BCUT2D eigenvalue weighted by Crippen LogP contribution is -2.25. The van der Waals surface area contributed by atoms with E-state index < -0.39 is 0 Å². The molecular weight excluding hydrogens is 338 g/mol. The van der Waals surface area contributed by atoms with Gasteiger partial charge in [0.15, 0.2) is 0 Å². The van der Waals surface area contributed by atoms with E-state index in [1.807, 2.05) is 42.5 Å². The van der Waals surface area contributed by atoms with E-state index in [9.17, 15) is 4.79 Å². The largest absolute Gasteiger partial charge is 0.351 e. The van der Waals surface area contributed by atoms with Crippen LogP contribution >= 0.6 is 23.4 Å². The van der Waals surface area contributed by atoms with Crippen molar-refractivity contribution in [2.24, 2.45) is 0 Å². The van der Waals surface area contributed by atoms with E-state index in [0.717, 1.165) is 16.5 Å². The zero-order chi connectivity index (χ0) is 17.6. The lowest BCUT2D eigenvalue weighted by atomic mass is 9.87. The molecule has 0 aliphatic rings. The summed E-state index contributed by atoms with van der Waals surface area (Å²) in [6.45, 7) is 7.16. The molecule has 0 unspecified atom stereocenters. The van der Waals surface area contributed by atoms with Crippen LogP contribution in [-0.2, 0) is 11.2 Å². The summed E-state index contributed by atoms with van der Waals surface area (Å²) in [5.41, 5.74) is 3.25. The number of hydrogen-bond acceptors (Lipinski definition) is 2. The zero-order valence-electron chi connectivity index (χ0n) is 14.4. The number of hydrogen-bond donors (Lipinski definition) is 1. The third-order valence-electron chi connectivity index (χ3n) is 3.70. The van der Waals surface area contributed by atoms with E-state index in [1.54, 1.807) is 11.8 Å². The monoisotopic (exact) mass is 361 g/mol. The van der Waals surface area contributed by atoms with Crippen LogP contribution in [0.1, 0.15) is 42.3 Å². The van der Waals surface area contributed by atoms with Gasteiger partial charge in [0.2, 0.25) is 0 Å². The van der Waals surface area contributed by atoms with Crippen LogP contribution in [0.5, 0.6) is 0 Å². The predicted molar refractivity (Wildman–Crippen MR) is 105 cm³/mol. The summed E-state index contributed by atoms with van der Waals surface area (Å²) < 4.78 is 0. The molecule has 0 heterocycles. The molecule has 2 aromatic rings. The first-order valence-electron chi connectivity index (χ1n) is 8.07. The van der Waals surface area contributed by atoms with Crippen LogP contribution in [0.25, 0.3) is 0 Å². The van der Waals surface area contributed by atoms with Crippen molar-refractivity contribution < 1.29 is 4.79 Å². The molecule has 24 heavy (non-hydrogen) atoms. The molecule has 2 aromatic carbocycles. The molecule has 2 nitrogen and oxygen atoms in total. The van der Waals surface area contributed by atoms with Crippen molar-refractivity contribution in [2.75, 3.05) is 12.3 Å². The van der Waals surface area contributed by atoms with Crippen molar-refractivity contribution in [1.29, 1.82) is 0 Å². The van der Waals surface area contributed by atoms with Gasteiger partial charge >= 0.3 is 0 Å². The SMILES string of the molecule is CC(C)(C)c1ccc(C(=O)NCCSCc2cccc(Cl)c2)cc1. The second kappa shape index (κ2) is 8.59. The highest BCUT2D eigenvalue weighted by Crippen LogP contribution is 2.22. The Balaban J connectivity index is 1.73.